The molecule has 2 saturated heterocycles. The van der Waals surface area contributed by atoms with Crippen molar-refractivity contribution < 1.29 is 29.0 Å². The van der Waals surface area contributed by atoms with Crippen molar-refractivity contribution in [2.75, 3.05) is 32.2 Å². The number of hydrogen-bond donors (Lipinski definition) is 1. The highest BCUT2D eigenvalue weighted by atomic mass is 16.5. The van der Waals surface area contributed by atoms with Crippen LogP contribution in [0.3, 0.4) is 0 Å². The lowest BCUT2D eigenvalue weighted by Crippen LogP contribution is -2.49. The maximum atomic E-state index is 13.1. The Morgan fingerprint density at radius 2 is 1.68 bits per heavy atom. The Kier molecular flexibility index (Phi) is 5.76. The topological polar surface area (TPSA) is 96.4 Å². The lowest BCUT2D eigenvalue weighted by molar-refractivity contribution is -0.148. The molecule has 3 rings (SSSR count). The van der Waals surface area contributed by atoms with E-state index in [1.807, 2.05) is 6.92 Å². The molecule has 2 aliphatic rings. The molecule has 152 valence electrons. The number of carbonyl (C=O) groups excluding carboxylic acids is 2. The average molecular weight is 390 g/mol. The van der Waals surface area contributed by atoms with Crippen LogP contribution in [0.1, 0.15) is 26.2 Å². The molecule has 2 amide bonds. The summed E-state index contributed by atoms with van der Waals surface area (Å²) in [6.45, 7) is 2.39. The summed E-state index contributed by atoms with van der Waals surface area (Å²) in [5.74, 6) is -1.08. The number of nitrogens with zero attached hydrogens (tertiary/aromatic N) is 2. The van der Waals surface area contributed by atoms with E-state index in [2.05, 4.69) is 0 Å². The van der Waals surface area contributed by atoms with E-state index < -0.39 is 17.8 Å². The van der Waals surface area contributed by atoms with Crippen LogP contribution in [-0.4, -0.2) is 61.1 Å². The van der Waals surface area contributed by atoms with E-state index in [1.165, 1.54) is 14.2 Å². The average Bonchev–Trinajstić information content (AvgIpc) is 3.08. The number of anilines is 1. The third-order valence-corrected chi connectivity index (χ3v) is 5.64. The maximum absolute atomic E-state index is 13.1. The normalized spacial score (nSPS) is 25.0. The molecule has 2 heterocycles. The fourth-order valence-electron chi connectivity index (χ4n) is 3.92. The zero-order valence-corrected chi connectivity index (χ0v) is 16.4. The van der Waals surface area contributed by atoms with Crippen molar-refractivity contribution in [1.29, 1.82) is 0 Å². The molecule has 0 aromatic heterocycles. The van der Waals surface area contributed by atoms with E-state index in [9.17, 15) is 19.5 Å². The van der Waals surface area contributed by atoms with Crippen molar-refractivity contribution >= 4 is 23.5 Å². The summed E-state index contributed by atoms with van der Waals surface area (Å²) in [5, 5.41) is 9.30. The smallest absolute Gasteiger partial charge is 0.308 e. The molecule has 3 unspecified atom stereocenters. The van der Waals surface area contributed by atoms with Crippen molar-refractivity contribution in [3.63, 3.8) is 0 Å². The number of aliphatic carboxylic acids is 1. The number of likely N-dealkylation sites (tertiary alicyclic amines) is 1. The van der Waals surface area contributed by atoms with Gasteiger partial charge in [0.2, 0.25) is 11.8 Å². The number of ether oxygens (including phenoxy) is 2. The maximum Gasteiger partial charge on any atom is 0.308 e. The fourth-order valence-corrected chi connectivity index (χ4v) is 3.92. The number of carboxylic acid groups (broad SMARTS) is 1. The second-order valence-electron chi connectivity index (χ2n) is 7.43. The van der Waals surface area contributed by atoms with Crippen LogP contribution >= 0.6 is 0 Å². The SMILES string of the molecule is COc1cc(OC)cc(N2CC(C(=O)N3CC(C(=O)O)CCC3C)CC2=O)c1. The van der Waals surface area contributed by atoms with Crippen molar-refractivity contribution in [1.82, 2.24) is 4.90 Å². The molecule has 8 nitrogen and oxygen atoms in total. The van der Waals surface area contributed by atoms with Gasteiger partial charge in [-0.25, -0.2) is 0 Å². The number of carboxylic acids is 1. The molecule has 1 aromatic carbocycles. The third kappa shape index (κ3) is 3.90. The highest BCUT2D eigenvalue weighted by Gasteiger charge is 2.41. The molecule has 0 spiro atoms. The summed E-state index contributed by atoms with van der Waals surface area (Å²) in [7, 11) is 3.07. The van der Waals surface area contributed by atoms with Gasteiger partial charge in [-0.1, -0.05) is 0 Å². The zero-order chi connectivity index (χ0) is 20.4. The van der Waals surface area contributed by atoms with Gasteiger partial charge >= 0.3 is 5.97 Å². The first kappa shape index (κ1) is 20.0. The first-order valence-corrected chi connectivity index (χ1v) is 9.40. The van der Waals surface area contributed by atoms with Crippen molar-refractivity contribution in [2.45, 2.75) is 32.2 Å². The van der Waals surface area contributed by atoms with Crippen LogP contribution in [0.4, 0.5) is 5.69 Å². The van der Waals surface area contributed by atoms with Gasteiger partial charge in [-0.2, -0.15) is 0 Å². The highest BCUT2D eigenvalue weighted by Crippen LogP contribution is 2.34. The summed E-state index contributed by atoms with van der Waals surface area (Å²) in [5.41, 5.74) is 0.617. The standard InChI is InChI=1S/C20H26N2O6/c1-12-4-5-13(20(25)26)10-21(12)19(24)14-6-18(23)22(11-14)15-7-16(27-2)9-17(8-15)28-3/h7-9,12-14H,4-6,10-11H2,1-3H3,(H,25,26). The molecule has 0 bridgehead atoms. The number of methoxy groups -OCH3 is 2. The molecule has 1 N–H and O–H groups in total. The Labute approximate surface area is 164 Å². The molecule has 0 radical (unpaired) electrons. The Bertz CT molecular complexity index is 758. The van der Waals surface area contributed by atoms with Gasteiger partial charge < -0.3 is 24.4 Å². The first-order chi connectivity index (χ1) is 13.3. The van der Waals surface area contributed by atoms with E-state index in [0.717, 1.165) is 0 Å². The van der Waals surface area contributed by atoms with Gasteiger partial charge in [0.25, 0.3) is 0 Å². The first-order valence-electron chi connectivity index (χ1n) is 9.40. The fraction of sp³-hybridized carbons (Fsp3) is 0.550. The van der Waals surface area contributed by atoms with Crippen molar-refractivity contribution in [3.8, 4) is 11.5 Å². The number of hydrogen-bond acceptors (Lipinski definition) is 5. The van der Waals surface area contributed by atoms with Gasteiger partial charge in [0.15, 0.2) is 0 Å². The predicted molar refractivity (Wildman–Crippen MR) is 102 cm³/mol. The monoisotopic (exact) mass is 390 g/mol. The molecular weight excluding hydrogens is 364 g/mol. The molecule has 0 aliphatic carbocycles. The van der Waals surface area contributed by atoms with Crippen LogP contribution in [0.15, 0.2) is 18.2 Å². The zero-order valence-electron chi connectivity index (χ0n) is 16.4. The molecule has 28 heavy (non-hydrogen) atoms. The van der Waals surface area contributed by atoms with Crippen molar-refractivity contribution in [3.05, 3.63) is 18.2 Å². The largest absolute Gasteiger partial charge is 0.497 e. The van der Waals surface area contributed by atoms with Crippen LogP contribution < -0.4 is 14.4 Å². The Balaban J connectivity index is 1.77. The molecule has 2 aliphatic heterocycles. The Morgan fingerprint density at radius 1 is 1.04 bits per heavy atom. The van der Waals surface area contributed by atoms with Crippen molar-refractivity contribution in [2.24, 2.45) is 11.8 Å². The van der Waals surface area contributed by atoms with Crippen LogP contribution in [0.25, 0.3) is 0 Å². The second-order valence-corrected chi connectivity index (χ2v) is 7.43. The van der Waals surface area contributed by atoms with E-state index >= 15 is 0 Å². The molecule has 2 fully saturated rings. The molecule has 1 aromatic rings. The predicted octanol–water partition coefficient (Wildman–Crippen LogP) is 1.77. The van der Waals surface area contributed by atoms with Gasteiger partial charge in [-0.3, -0.25) is 14.4 Å². The minimum absolute atomic E-state index is 0.0239. The number of rotatable bonds is 5. The van der Waals surface area contributed by atoms with Gasteiger partial charge in [-0.05, 0) is 19.8 Å². The number of benzene rings is 1. The van der Waals surface area contributed by atoms with E-state index in [1.54, 1.807) is 28.0 Å². The van der Waals surface area contributed by atoms with Crippen LogP contribution in [-0.2, 0) is 14.4 Å². The van der Waals surface area contributed by atoms with E-state index in [0.29, 0.717) is 30.0 Å². The lowest BCUT2D eigenvalue weighted by atomic mass is 9.92. The summed E-state index contributed by atoms with van der Waals surface area (Å²) in [6.07, 6.45) is 1.33. The minimum Gasteiger partial charge on any atom is -0.497 e. The van der Waals surface area contributed by atoms with Crippen LogP contribution in [0.5, 0.6) is 11.5 Å². The van der Waals surface area contributed by atoms with E-state index in [4.69, 9.17) is 9.47 Å². The Hall–Kier alpha value is -2.77. The quantitative estimate of drug-likeness (QED) is 0.823. The molecule has 8 heteroatoms. The number of piperidine rings is 1. The van der Waals surface area contributed by atoms with Gasteiger partial charge in [0, 0.05) is 43.8 Å². The number of amides is 2. The third-order valence-electron chi connectivity index (χ3n) is 5.64. The van der Waals surface area contributed by atoms with Crippen LogP contribution in [0, 0.1) is 11.8 Å². The molecule has 3 atom stereocenters. The van der Waals surface area contributed by atoms with Gasteiger partial charge in [-0.15, -0.1) is 0 Å². The highest BCUT2D eigenvalue weighted by molar-refractivity contribution is 6.00. The lowest BCUT2D eigenvalue weighted by Gasteiger charge is -2.37. The van der Waals surface area contributed by atoms with Crippen LogP contribution in [0.2, 0.25) is 0 Å². The number of carbonyl (C=O) groups is 3. The summed E-state index contributed by atoms with van der Waals surface area (Å²) in [6, 6.07) is 5.16. The Morgan fingerprint density at radius 3 is 2.25 bits per heavy atom. The summed E-state index contributed by atoms with van der Waals surface area (Å²) < 4.78 is 10.5. The van der Waals surface area contributed by atoms with Gasteiger partial charge in [0.05, 0.1) is 31.7 Å². The minimum atomic E-state index is -0.877. The summed E-state index contributed by atoms with van der Waals surface area (Å²) >= 11 is 0. The molecule has 0 saturated carbocycles. The second kappa shape index (κ2) is 8.08. The van der Waals surface area contributed by atoms with Gasteiger partial charge in [0.1, 0.15) is 11.5 Å². The van der Waals surface area contributed by atoms with E-state index in [-0.39, 0.29) is 37.4 Å². The molecular formula is C20H26N2O6. The summed E-state index contributed by atoms with van der Waals surface area (Å²) in [4.78, 5) is 40.2.